The fraction of sp³-hybridized carbons (Fsp3) is 0.190. The maximum atomic E-state index is 2.97. The van der Waals surface area contributed by atoms with E-state index >= 15 is 0 Å². The molecule has 0 fully saturated rings. The molecule has 0 aliphatic rings. The molecule has 0 aliphatic carbocycles. The van der Waals surface area contributed by atoms with Gasteiger partial charge in [0.1, 0.15) is 0 Å². The minimum atomic E-state index is -0.212. The molecule has 0 heterocycles. The summed E-state index contributed by atoms with van der Waals surface area (Å²) < 4.78 is 0. The van der Waals surface area contributed by atoms with Gasteiger partial charge in [0.2, 0.25) is 0 Å². The topological polar surface area (TPSA) is 0 Å². The van der Waals surface area contributed by atoms with E-state index in [1.807, 2.05) is 30.3 Å². The molecular formula is C21H29BrOsP2+. The van der Waals surface area contributed by atoms with Crippen molar-refractivity contribution in [3.8, 4) is 0 Å². The van der Waals surface area contributed by atoms with Crippen LogP contribution in [0.1, 0.15) is 0 Å². The van der Waals surface area contributed by atoms with Gasteiger partial charge in [-0.1, -0.05) is 36.4 Å². The first kappa shape index (κ1) is 24.8. The summed E-state index contributed by atoms with van der Waals surface area (Å²) in [6, 6.07) is 31.4. The molecule has 3 aromatic carbocycles. The summed E-state index contributed by atoms with van der Waals surface area (Å²) in [4.78, 5) is 0. The number of benzene rings is 2. The first-order valence-corrected chi connectivity index (χ1v) is 18.7. The van der Waals surface area contributed by atoms with Crippen molar-refractivity contribution < 1.29 is 16.6 Å². The zero-order chi connectivity index (χ0) is 18.9. The van der Waals surface area contributed by atoms with Crippen molar-refractivity contribution in [3.63, 3.8) is 0 Å². The normalized spacial score (nSPS) is 9.12. The van der Waals surface area contributed by atoms with Gasteiger partial charge in [-0.05, 0) is 24.3 Å². The van der Waals surface area contributed by atoms with E-state index in [0.717, 1.165) is 0 Å². The monoisotopic (exact) mass is 614 g/mol. The van der Waals surface area contributed by atoms with Crippen LogP contribution in [0.3, 0.4) is 0 Å². The van der Waals surface area contributed by atoms with Gasteiger partial charge in [0.15, 0.2) is 0 Å². The average Bonchev–Trinajstić information content (AvgIpc) is 3.25. The van der Waals surface area contributed by atoms with Gasteiger partial charge >= 0.3 is 30.2 Å². The van der Waals surface area contributed by atoms with Crippen LogP contribution >= 0.6 is 29.4 Å². The summed E-state index contributed by atoms with van der Waals surface area (Å²) in [5, 5.41) is 3.03. The van der Waals surface area contributed by atoms with Crippen molar-refractivity contribution in [2.24, 2.45) is 0 Å². The van der Waals surface area contributed by atoms with Crippen LogP contribution in [0, 0.1) is 0 Å². The van der Waals surface area contributed by atoms with Crippen LogP contribution in [0.25, 0.3) is 0 Å². The second-order valence-corrected chi connectivity index (χ2v) is 10.8. The first-order valence-electron chi connectivity index (χ1n) is 8.12. The van der Waals surface area contributed by atoms with Gasteiger partial charge in [-0.15, -0.1) is 0 Å². The van der Waals surface area contributed by atoms with E-state index in [-0.39, 0.29) is 15.8 Å². The van der Waals surface area contributed by atoms with Crippen LogP contribution in [0.2, 0.25) is 0 Å². The molecule has 0 radical (unpaired) electrons. The molecule has 3 rings (SSSR count). The van der Waals surface area contributed by atoms with Crippen LogP contribution < -0.4 is 10.6 Å². The Labute approximate surface area is 173 Å². The minimum absolute atomic E-state index is 0.212. The Morgan fingerprint density at radius 3 is 1.08 bits per heavy atom. The van der Waals surface area contributed by atoms with E-state index < -0.39 is 0 Å². The van der Waals surface area contributed by atoms with Crippen molar-refractivity contribution in [2.75, 3.05) is 26.7 Å². The van der Waals surface area contributed by atoms with Crippen LogP contribution in [-0.4, -0.2) is 26.7 Å². The Morgan fingerprint density at radius 1 is 0.600 bits per heavy atom. The maximum absolute atomic E-state index is 2.97. The van der Waals surface area contributed by atoms with Gasteiger partial charge in [-0.2, -0.15) is 18.2 Å². The largest absolute Gasteiger partial charge is 0.214 e. The predicted molar refractivity (Wildman–Crippen MR) is 123 cm³/mol. The molecule has 3 aromatic rings. The first-order chi connectivity index (χ1) is 12.1. The molecule has 0 atom stereocenters. The Hall–Kier alpha value is -0.234. The van der Waals surface area contributed by atoms with Crippen LogP contribution in [0.5, 0.6) is 0 Å². The number of hydrogen-bond acceptors (Lipinski definition) is 0. The second-order valence-electron chi connectivity index (χ2n) is 5.69. The fourth-order valence-corrected chi connectivity index (χ4v) is 3.58. The van der Waals surface area contributed by atoms with E-state index in [1.165, 1.54) is 10.6 Å². The SMILES string of the molecule is C[PH+](C)c1ccccc1.C[PH+](C)c1ccccc1.[Br][Os].c1cc[cH-]c1. The third-order valence-corrected chi connectivity index (χ3v) is 6.23. The van der Waals surface area contributed by atoms with Crippen molar-refractivity contribution in [1.82, 2.24) is 0 Å². The quantitative estimate of drug-likeness (QED) is 0.253. The van der Waals surface area contributed by atoms with Gasteiger partial charge in [0.05, 0.1) is 37.3 Å². The van der Waals surface area contributed by atoms with E-state index in [4.69, 9.17) is 0 Å². The van der Waals surface area contributed by atoms with Crippen molar-refractivity contribution in [3.05, 3.63) is 91.0 Å². The summed E-state index contributed by atoms with van der Waals surface area (Å²) in [5.41, 5.74) is 0. The van der Waals surface area contributed by atoms with E-state index in [9.17, 15) is 0 Å². The van der Waals surface area contributed by atoms with Crippen molar-refractivity contribution in [2.45, 2.75) is 0 Å². The molecule has 0 spiro atoms. The molecular weight excluding hydrogens is 584 g/mol. The maximum Gasteiger partial charge on any atom is -0.172 e. The minimum Gasteiger partial charge on any atom is -0.214 e. The molecule has 0 N–H and O–H groups in total. The molecule has 0 nitrogen and oxygen atoms in total. The van der Waals surface area contributed by atoms with Crippen molar-refractivity contribution in [1.29, 1.82) is 0 Å². The molecule has 25 heavy (non-hydrogen) atoms. The summed E-state index contributed by atoms with van der Waals surface area (Å²) >= 11 is 4.64. The van der Waals surface area contributed by atoms with Gasteiger partial charge in [0, 0.05) is 15.8 Å². The second kappa shape index (κ2) is 17.2. The summed E-state index contributed by atoms with van der Waals surface area (Å²) in [6.07, 6.45) is 0. The summed E-state index contributed by atoms with van der Waals surface area (Å²) in [5.74, 6) is 0. The fourth-order valence-electron chi connectivity index (χ4n) is 1.86. The molecule has 0 saturated carbocycles. The standard InChI is InChI=1S/2C8H11P.C5H5.BrH.Os/c2*1-9(2)8-6-4-3-5-7-8;1-2-4-5-3-1;;/h2*3-7H,1-2H3;1-5H;1H;/q;;-1;;+1/p+1. The molecule has 137 valence electrons. The van der Waals surface area contributed by atoms with Crippen LogP contribution in [0.4, 0.5) is 0 Å². The molecule has 0 aliphatic heterocycles. The Bertz CT molecular complexity index is 536. The zero-order valence-electron chi connectivity index (χ0n) is 15.4. The molecule has 0 aromatic heterocycles. The van der Waals surface area contributed by atoms with Gasteiger partial charge in [-0.3, -0.25) is 0 Å². The molecule has 0 saturated heterocycles. The van der Waals surface area contributed by atoms with Crippen molar-refractivity contribution >= 4 is 40.0 Å². The molecule has 0 unspecified atom stereocenters. The summed E-state index contributed by atoms with van der Waals surface area (Å²) in [6.45, 7) is 9.22. The number of halogens is 1. The predicted octanol–water partition coefficient (Wildman–Crippen LogP) is 5.82. The van der Waals surface area contributed by atoms with Gasteiger partial charge in [0.25, 0.3) is 0 Å². The van der Waals surface area contributed by atoms with Gasteiger partial charge < -0.3 is 0 Å². The number of rotatable bonds is 2. The van der Waals surface area contributed by atoms with Crippen LogP contribution in [-0.2, 0) is 16.6 Å². The number of hydrogen-bond donors (Lipinski definition) is 0. The van der Waals surface area contributed by atoms with E-state index in [1.54, 1.807) is 16.6 Å². The molecule has 4 heteroatoms. The van der Waals surface area contributed by atoms with E-state index in [0.29, 0.717) is 0 Å². The Balaban J connectivity index is 0.000000340. The third kappa shape index (κ3) is 13.6. The zero-order valence-corrected chi connectivity index (χ0v) is 21.5. The van der Waals surface area contributed by atoms with E-state index in [2.05, 4.69) is 101 Å². The Morgan fingerprint density at radius 2 is 0.920 bits per heavy atom. The third-order valence-electron chi connectivity index (χ3n) is 3.26. The molecule has 0 bridgehead atoms. The molecule has 0 amide bonds. The summed E-state index contributed by atoms with van der Waals surface area (Å²) in [7, 11) is -0.424. The van der Waals surface area contributed by atoms with Gasteiger partial charge in [-0.25, -0.2) is 12.1 Å². The Kier molecular flexibility index (Phi) is 17.0. The van der Waals surface area contributed by atoms with Crippen LogP contribution in [0.15, 0.2) is 91.0 Å². The average molecular weight is 614 g/mol. The smallest absolute Gasteiger partial charge is 0.172 e.